The molecule has 0 saturated carbocycles. The van der Waals surface area contributed by atoms with Gasteiger partial charge in [0.05, 0.1) is 17.0 Å². The van der Waals surface area contributed by atoms with Crippen LogP contribution < -0.4 is 0 Å². The summed E-state index contributed by atoms with van der Waals surface area (Å²) in [6.45, 7) is 0. The first-order valence-corrected chi connectivity index (χ1v) is 5.13. The number of hydrogen-bond acceptors (Lipinski definition) is 2. The van der Waals surface area contributed by atoms with Crippen LogP contribution in [0.1, 0.15) is 17.2 Å². The first kappa shape index (κ1) is 10.4. The monoisotopic (exact) mass is 270 g/mol. The summed E-state index contributed by atoms with van der Waals surface area (Å²) >= 11 is 3.05. The van der Waals surface area contributed by atoms with Gasteiger partial charge in [0.15, 0.2) is 0 Å². The highest BCUT2D eigenvalue weighted by Gasteiger charge is 2.13. The first-order valence-electron chi connectivity index (χ1n) is 4.33. The Morgan fingerprint density at radius 3 is 2.67 bits per heavy atom. The molecule has 0 spiro atoms. The summed E-state index contributed by atoms with van der Waals surface area (Å²) in [5, 5.41) is 9.85. The lowest BCUT2D eigenvalue weighted by Crippen LogP contribution is -1.98. The maximum absolute atomic E-state index is 13.2. The molecule has 1 atom stereocenters. The Hall–Kier alpha value is -1.13. The number of hydrogen-bond donors (Lipinski definition) is 1. The smallest absolute Gasteiger partial charge is 0.137 e. The van der Waals surface area contributed by atoms with Gasteiger partial charge in [0, 0.05) is 5.56 Å². The van der Waals surface area contributed by atoms with Crippen LogP contribution in [-0.4, -0.2) is 5.11 Å². The van der Waals surface area contributed by atoms with Gasteiger partial charge in [0.25, 0.3) is 0 Å². The van der Waals surface area contributed by atoms with Crippen molar-refractivity contribution in [3.05, 3.63) is 58.2 Å². The number of aliphatic hydroxyl groups is 1. The summed E-state index contributed by atoms with van der Waals surface area (Å²) in [5.74, 6) is -0.393. The minimum absolute atomic E-state index is 0.380. The molecule has 0 aliphatic heterocycles. The van der Waals surface area contributed by atoms with E-state index in [4.69, 9.17) is 4.42 Å². The van der Waals surface area contributed by atoms with Crippen molar-refractivity contribution in [1.29, 1.82) is 0 Å². The standard InChI is InChI=1S/C11H8BrFO2/c12-9-2-1-7(5-10(9)13)11(14)8-3-4-15-6-8/h1-6,11,14H. The third-order valence-corrected chi connectivity index (χ3v) is 2.76. The fraction of sp³-hybridized carbons (Fsp3) is 0.0909. The minimum atomic E-state index is -0.855. The maximum Gasteiger partial charge on any atom is 0.137 e. The molecule has 78 valence electrons. The Labute approximate surface area is 94.5 Å². The molecule has 4 heteroatoms. The van der Waals surface area contributed by atoms with Gasteiger partial charge in [-0.1, -0.05) is 6.07 Å². The first-order chi connectivity index (χ1) is 7.18. The van der Waals surface area contributed by atoms with Gasteiger partial charge in [-0.05, 0) is 39.7 Å². The molecule has 0 saturated heterocycles. The Kier molecular flexibility index (Phi) is 2.88. The molecule has 2 nitrogen and oxygen atoms in total. The molecule has 0 aliphatic carbocycles. The highest BCUT2D eigenvalue weighted by atomic mass is 79.9. The van der Waals surface area contributed by atoms with E-state index in [0.717, 1.165) is 0 Å². The second kappa shape index (κ2) is 4.16. The van der Waals surface area contributed by atoms with Crippen LogP contribution in [0.15, 0.2) is 45.7 Å². The quantitative estimate of drug-likeness (QED) is 0.909. The number of rotatable bonds is 2. The molecule has 0 fully saturated rings. The fourth-order valence-electron chi connectivity index (χ4n) is 1.31. The Morgan fingerprint density at radius 2 is 2.07 bits per heavy atom. The van der Waals surface area contributed by atoms with E-state index in [1.54, 1.807) is 18.2 Å². The van der Waals surface area contributed by atoms with Crippen LogP contribution in [0.2, 0.25) is 0 Å². The second-order valence-corrected chi connectivity index (χ2v) is 3.99. The van der Waals surface area contributed by atoms with Gasteiger partial charge < -0.3 is 9.52 Å². The largest absolute Gasteiger partial charge is 0.472 e. The van der Waals surface area contributed by atoms with Crippen molar-refractivity contribution in [1.82, 2.24) is 0 Å². The molecule has 2 rings (SSSR count). The SMILES string of the molecule is OC(c1ccoc1)c1ccc(Br)c(F)c1. The predicted molar refractivity (Wildman–Crippen MR) is 56.9 cm³/mol. The molecule has 1 unspecified atom stereocenters. The molecule has 1 aromatic carbocycles. The van der Waals surface area contributed by atoms with Crippen LogP contribution in [0.5, 0.6) is 0 Å². The van der Waals surface area contributed by atoms with Crippen molar-refractivity contribution >= 4 is 15.9 Å². The van der Waals surface area contributed by atoms with E-state index < -0.39 is 11.9 Å². The van der Waals surface area contributed by atoms with Crippen LogP contribution in [0, 0.1) is 5.82 Å². The molecule has 2 aromatic rings. The van der Waals surface area contributed by atoms with Gasteiger partial charge in [-0.15, -0.1) is 0 Å². The van der Waals surface area contributed by atoms with E-state index >= 15 is 0 Å². The van der Waals surface area contributed by atoms with Gasteiger partial charge in [0.1, 0.15) is 11.9 Å². The topological polar surface area (TPSA) is 33.4 Å². The van der Waals surface area contributed by atoms with Gasteiger partial charge in [-0.3, -0.25) is 0 Å². The van der Waals surface area contributed by atoms with Crippen molar-refractivity contribution in [3.8, 4) is 0 Å². The number of furan rings is 1. The van der Waals surface area contributed by atoms with Crippen LogP contribution in [0.4, 0.5) is 4.39 Å². The maximum atomic E-state index is 13.2. The number of aliphatic hydroxyl groups excluding tert-OH is 1. The molecule has 0 radical (unpaired) electrons. The van der Waals surface area contributed by atoms with Gasteiger partial charge in [0.2, 0.25) is 0 Å². The summed E-state index contributed by atoms with van der Waals surface area (Å²) < 4.78 is 18.4. The van der Waals surface area contributed by atoms with E-state index in [1.165, 1.54) is 18.6 Å². The third-order valence-electron chi connectivity index (χ3n) is 2.12. The van der Waals surface area contributed by atoms with Crippen molar-refractivity contribution in [3.63, 3.8) is 0 Å². The Bertz CT molecular complexity index is 454. The van der Waals surface area contributed by atoms with Crippen LogP contribution >= 0.6 is 15.9 Å². The number of halogens is 2. The molecule has 0 bridgehead atoms. The van der Waals surface area contributed by atoms with E-state index in [0.29, 0.717) is 15.6 Å². The summed E-state index contributed by atoms with van der Waals surface area (Å²) in [7, 11) is 0. The molecule has 1 N–H and O–H groups in total. The third kappa shape index (κ3) is 2.11. The zero-order valence-electron chi connectivity index (χ0n) is 7.65. The van der Waals surface area contributed by atoms with E-state index in [2.05, 4.69) is 15.9 Å². The van der Waals surface area contributed by atoms with E-state index in [-0.39, 0.29) is 0 Å². The highest BCUT2D eigenvalue weighted by Crippen LogP contribution is 2.25. The second-order valence-electron chi connectivity index (χ2n) is 3.13. The van der Waals surface area contributed by atoms with Crippen molar-refractivity contribution < 1.29 is 13.9 Å². The highest BCUT2D eigenvalue weighted by molar-refractivity contribution is 9.10. The molecule has 1 aromatic heterocycles. The number of benzene rings is 1. The lowest BCUT2D eigenvalue weighted by molar-refractivity contribution is 0.218. The van der Waals surface area contributed by atoms with Crippen LogP contribution in [-0.2, 0) is 0 Å². The van der Waals surface area contributed by atoms with Crippen LogP contribution in [0.25, 0.3) is 0 Å². The summed E-state index contributed by atoms with van der Waals surface area (Å²) in [6.07, 6.45) is 2.05. The van der Waals surface area contributed by atoms with Crippen molar-refractivity contribution in [2.45, 2.75) is 6.10 Å². The average Bonchev–Trinajstić information content (AvgIpc) is 2.74. The summed E-state index contributed by atoms with van der Waals surface area (Å²) in [5.41, 5.74) is 1.11. The van der Waals surface area contributed by atoms with Crippen molar-refractivity contribution in [2.24, 2.45) is 0 Å². The average molecular weight is 271 g/mol. The lowest BCUT2D eigenvalue weighted by atomic mass is 10.0. The minimum Gasteiger partial charge on any atom is -0.472 e. The van der Waals surface area contributed by atoms with Gasteiger partial charge >= 0.3 is 0 Å². The Morgan fingerprint density at radius 1 is 1.27 bits per heavy atom. The predicted octanol–water partition coefficient (Wildman–Crippen LogP) is 3.26. The summed E-state index contributed by atoms with van der Waals surface area (Å²) in [4.78, 5) is 0. The van der Waals surface area contributed by atoms with E-state index in [9.17, 15) is 9.50 Å². The molecule has 0 aliphatic rings. The zero-order valence-corrected chi connectivity index (χ0v) is 9.24. The Balaban J connectivity index is 2.34. The normalized spacial score (nSPS) is 12.7. The molecular weight excluding hydrogens is 263 g/mol. The molecule has 1 heterocycles. The fourth-order valence-corrected chi connectivity index (χ4v) is 1.55. The molecule has 0 amide bonds. The zero-order chi connectivity index (χ0) is 10.8. The van der Waals surface area contributed by atoms with Crippen LogP contribution in [0.3, 0.4) is 0 Å². The molecule has 15 heavy (non-hydrogen) atoms. The van der Waals surface area contributed by atoms with Gasteiger partial charge in [-0.2, -0.15) is 0 Å². The van der Waals surface area contributed by atoms with Gasteiger partial charge in [-0.25, -0.2) is 4.39 Å². The summed E-state index contributed by atoms with van der Waals surface area (Å²) in [6, 6.07) is 6.16. The molecular formula is C11H8BrFO2. The lowest BCUT2D eigenvalue weighted by Gasteiger charge is -2.08. The van der Waals surface area contributed by atoms with Crippen molar-refractivity contribution in [2.75, 3.05) is 0 Å². The van der Waals surface area contributed by atoms with E-state index in [1.807, 2.05) is 0 Å².